The Hall–Kier alpha value is -1.36. The molecule has 0 aliphatic rings. The Kier molecular flexibility index (Phi) is 26.2. The molecule has 1 unspecified atom stereocenters. The van der Waals surface area contributed by atoms with E-state index in [1.54, 1.807) is 0 Å². The maximum absolute atomic E-state index is 11.8. The molecule has 0 bridgehead atoms. The van der Waals surface area contributed by atoms with Crippen LogP contribution in [0.2, 0.25) is 0 Å². The number of allylic oxidation sites excluding steroid dienone is 2. The topological polar surface area (TPSA) is 72.8 Å². The molecule has 0 saturated carbocycles. The molecule has 5 heteroatoms. The summed E-state index contributed by atoms with van der Waals surface area (Å²) in [7, 11) is 0. The average molecular weight is 497 g/mol. The van der Waals surface area contributed by atoms with Gasteiger partial charge in [0.2, 0.25) is 0 Å². The summed E-state index contributed by atoms with van der Waals surface area (Å²) in [4.78, 5) is 23.6. The quantitative estimate of drug-likeness (QED) is 0.0741. The lowest BCUT2D eigenvalue weighted by Crippen LogP contribution is -2.27. The van der Waals surface area contributed by atoms with Crippen molar-refractivity contribution in [1.29, 1.82) is 0 Å². The van der Waals surface area contributed by atoms with E-state index in [-0.39, 0.29) is 6.42 Å². The van der Waals surface area contributed by atoms with Gasteiger partial charge in [-0.25, -0.2) is 4.79 Å². The molecule has 0 aliphatic heterocycles. The molecule has 0 aliphatic carbocycles. The third kappa shape index (κ3) is 25.5. The predicted octanol–water partition coefficient (Wildman–Crippen LogP) is 8.22. The van der Waals surface area contributed by atoms with Gasteiger partial charge in [-0.05, 0) is 38.5 Å². The van der Waals surface area contributed by atoms with Crippen LogP contribution in [0.15, 0.2) is 12.2 Å². The SMILES string of the molecule is CCCCCCCC/C=C\CCCCCCCCOC(=O)CC(O)C(=O)OCCCCCCCC. The van der Waals surface area contributed by atoms with Gasteiger partial charge in [0.1, 0.15) is 0 Å². The van der Waals surface area contributed by atoms with E-state index in [2.05, 4.69) is 26.0 Å². The van der Waals surface area contributed by atoms with E-state index < -0.39 is 18.0 Å². The first-order valence-corrected chi connectivity index (χ1v) is 14.8. The summed E-state index contributed by atoms with van der Waals surface area (Å²) in [6, 6.07) is 0. The van der Waals surface area contributed by atoms with Crippen LogP contribution >= 0.6 is 0 Å². The molecular formula is C30H56O5. The van der Waals surface area contributed by atoms with Crippen LogP contribution in [0, 0.1) is 0 Å². The first-order valence-electron chi connectivity index (χ1n) is 14.8. The van der Waals surface area contributed by atoms with Gasteiger partial charge in [-0.2, -0.15) is 0 Å². The number of esters is 2. The largest absolute Gasteiger partial charge is 0.466 e. The third-order valence-electron chi connectivity index (χ3n) is 6.29. The van der Waals surface area contributed by atoms with E-state index >= 15 is 0 Å². The molecule has 0 spiro atoms. The van der Waals surface area contributed by atoms with Crippen molar-refractivity contribution in [3.63, 3.8) is 0 Å². The minimum absolute atomic E-state index is 0.298. The fourth-order valence-electron chi connectivity index (χ4n) is 3.99. The molecule has 0 radical (unpaired) electrons. The minimum Gasteiger partial charge on any atom is -0.466 e. The summed E-state index contributed by atoms with van der Waals surface area (Å²) in [5.41, 5.74) is 0. The van der Waals surface area contributed by atoms with Crippen LogP contribution in [0.3, 0.4) is 0 Å². The maximum atomic E-state index is 11.8. The zero-order valence-electron chi connectivity index (χ0n) is 23.1. The van der Waals surface area contributed by atoms with E-state index in [1.807, 2.05) is 0 Å². The van der Waals surface area contributed by atoms with E-state index in [4.69, 9.17) is 9.47 Å². The number of hydrogen-bond acceptors (Lipinski definition) is 5. The lowest BCUT2D eigenvalue weighted by molar-refractivity contribution is -0.160. The van der Waals surface area contributed by atoms with Crippen molar-refractivity contribution in [3.8, 4) is 0 Å². The smallest absolute Gasteiger partial charge is 0.335 e. The van der Waals surface area contributed by atoms with Gasteiger partial charge in [-0.1, -0.05) is 116 Å². The van der Waals surface area contributed by atoms with Crippen molar-refractivity contribution in [2.45, 2.75) is 155 Å². The summed E-state index contributed by atoms with van der Waals surface area (Å²) in [6.07, 6.45) is 26.8. The highest BCUT2D eigenvalue weighted by Gasteiger charge is 2.21. The van der Waals surface area contributed by atoms with Crippen LogP contribution in [-0.4, -0.2) is 36.4 Å². The summed E-state index contributed by atoms with van der Waals surface area (Å²) in [5, 5.41) is 9.82. The fraction of sp³-hybridized carbons (Fsp3) is 0.867. The highest BCUT2D eigenvalue weighted by Crippen LogP contribution is 2.10. The van der Waals surface area contributed by atoms with Crippen LogP contribution in [0.25, 0.3) is 0 Å². The first-order chi connectivity index (χ1) is 17.1. The van der Waals surface area contributed by atoms with Crippen LogP contribution < -0.4 is 0 Å². The average Bonchev–Trinajstić information content (AvgIpc) is 2.85. The fourth-order valence-corrected chi connectivity index (χ4v) is 3.99. The van der Waals surface area contributed by atoms with Gasteiger partial charge in [0.15, 0.2) is 6.10 Å². The molecule has 0 rings (SSSR count). The number of rotatable bonds is 26. The molecule has 35 heavy (non-hydrogen) atoms. The van der Waals surface area contributed by atoms with E-state index in [9.17, 15) is 14.7 Å². The number of aliphatic hydroxyl groups excluding tert-OH is 1. The molecule has 0 saturated heterocycles. The molecule has 206 valence electrons. The summed E-state index contributed by atoms with van der Waals surface area (Å²) in [6.45, 7) is 5.08. The highest BCUT2D eigenvalue weighted by molar-refractivity contribution is 5.81. The lowest BCUT2D eigenvalue weighted by Gasteiger charge is -2.10. The van der Waals surface area contributed by atoms with Crippen LogP contribution in [-0.2, 0) is 19.1 Å². The Balaban J connectivity index is 3.44. The molecule has 5 nitrogen and oxygen atoms in total. The Labute approximate surface area is 216 Å². The Morgan fingerprint density at radius 3 is 1.49 bits per heavy atom. The summed E-state index contributed by atoms with van der Waals surface area (Å²) < 4.78 is 10.2. The second-order valence-electron chi connectivity index (χ2n) is 9.81. The Morgan fingerprint density at radius 1 is 0.600 bits per heavy atom. The molecule has 0 heterocycles. The number of carbonyl (C=O) groups excluding carboxylic acids is 2. The van der Waals surface area contributed by atoms with Gasteiger partial charge in [-0.3, -0.25) is 4.79 Å². The normalized spacial score (nSPS) is 12.2. The number of unbranched alkanes of at least 4 members (excludes halogenated alkanes) is 17. The summed E-state index contributed by atoms with van der Waals surface area (Å²) >= 11 is 0. The second-order valence-corrected chi connectivity index (χ2v) is 9.81. The van der Waals surface area contributed by atoms with E-state index in [1.165, 1.54) is 89.9 Å². The standard InChI is InChI=1S/C30H56O5/c1-3-5-7-9-11-12-13-14-15-16-17-18-19-20-22-23-25-34-29(32)27-28(31)30(33)35-26-24-21-10-8-6-4-2/h14-15,28,31H,3-13,16-27H2,1-2H3/b15-14-. The molecule has 0 fully saturated rings. The molecule has 1 N–H and O–H groups in total. The van der Waals surface area contributed by atoms with Crippen LogP contribution in [0.5, 0.6) is 0 Å². The molecule has 0 aromatic rings. The molecular weight excluding hydrogens is 440 g/mol. The highest BCUT2D eigenvalue weighted by atomic mass is 16.6. The van der Waals surface area contributed by atoms with Gasteiger partial charge >= 0.3 is 11.9 Å². The van der Waals surface area contributed by atoms with Crippen LogP contribution in [0.4, 0.5) is 0 Å². The lowest BCUT2D eigenvalue weighted by atomic mass is 10.1. The van der Waals surface area contributed by atoms with Crippen molar-refractivity contribution in [1.82, 2.24) is 0 Å². The zero-order valence-corrected chi connectivity index (χ0v) is 23.1. The van der Waals surface area contributed by atoms with Crippen LogP contribution in [0.1, 0.15) is 149 Å². The molecule has 1 atom stereocenters. The Morgan fingerprint density at radius 2 is 1.00 bits per heavy atom. The number of carbonyl (C=O) groups is 2. The van der Waals surface area contributed by atoms with E-state index in [0.717, 1.165) is 38.5 Å². The summed E-state index contributed by atoms with van der Waals surface area (Å²) in [5.74, 6) is -1.27. The van der Waals surface area contributed by atoms with Crippen molar-refractivity contribution < 1.29 is 24.2 Å². The molecule has 0 amide bonds. The first kappa shape index (κ1) is 33.6. The van der Waals surface area contributed by atoms with Crippen molar-refractivity contribution in [2.75, 3.05) is 13.2 Å². The van der Waals surface area contributed by atoms with Crippen molar-refractivity contribution >= 4 is 11.9 Å². The van der Waals surface area contributed by atoms with Crippen molar-refractivity contribution in [3.05, 3.63) is 12.2 Å². The third-order valence-corrected chi connectivity index (χ3v) is 6.29. The predicted molar refractivity (Wildman–Crippen MR) is 145 cm³/mol. The Bertz CT molecular complexity index is 503. The van der Waals surface area contributed by atoms with Crippen molar-refractivity contribution in [2.24, 2.45) is 0 Å². The zero-order chi connectivity index (χ0) is 25.8. The number of hydrogen-bond donors (Lipinski definition) is 1. The number of ether oxygens (including phenoxy) is 2. The second kappa shape index (κ2) is 27.2. The van der Waals surface area contributed by atoms with Gasteiger partial charge < -0.3 is 14.6 Å². The van der Waals surface area contributed by atoms with Gasteiger partial charge in [0, 0.05) is 0 Å². The monoisotopic (exact) mass is 496 g/mol. The van der Waals surface area contributed by atoms with Gasteiger partial charge in [0.25, 0.3) is 0 Å². The maximum Gasteiger partial charge on any atom is 0.335 e. The molecule has 0 aromatic heterocycles. The minimum atomic E-state index is -1.43. The van der Waals surface area contributed by atoms with Gasteiger partial charge in [0.05, 0.1) is 19.6 Å². The van der Waals surface area contributed by atoms with Gasteiger partial charge in [-0.15, -0.1) is 0 Å². The number of aliphatic hydroxyl groups is 1. The van der Waals surface area contributed by atoms with E-state index in [0.29, 0.717) is 13.2 Å². The molecule has 0 aromatic carbocycles.